The molecular formula is C8H11ClF3N3S. The SMILES string of the molecule is CCCc1nnc(Cl)n1CCSC(F)(F)F. The van der Waals surface area contributed by atoms with Crippen molar-refractivity contribution in [2.24, 2.45) is 0 Å². The van der Waals surface area contributed by atoms with Gasteiger partial charge in [0.15, 0.2) is 0 Å². The lowest BCUT2D eigenvalue weighted by atomic mass is 10.3. The van der Waals surface area contributed by atoms with Gasteiger partial charge in [-0.1, -0.05) is 6.92 Å². The lowest BCUT2D eigenvalue weighted by molar-refractivity contribution is -0.0328. The van der Waals surface area contributed by atoms with Gasteiger partial charge in [0, 0.05) is 18.7 Å². The van der Waals surface area contributed by atoms with Crippen LogP contribution in [-0.2, 0) is 13.0 Å². The molecule has 1 aromatic rings. The molecule has 0 unspecified atom stereocenters. The van der Waals surface area contributed by atoms with Crippen molar-refractivity contribution in [2.45, 2.75) is 31.8 Å². The summed E-state index contributed by atoms with van der Waals surface area (Å²) in [6.07, 6.45) is 1.51. The Morgan fingerprint density at radius 2 is 2.06 bits per heavy atom. The summed E-state index contributed by atoms with van der Waals surface area (Å²) in [4.78, 5) is 0. The second-order valence-electron chi connectivity index (χ2n) is 3.08. The molecule has 0 saturated carbocycles. The standard InChI is InChI=1S/C8H11ClF3N3S/c1-2-3-6-13-14-7(9)15(6)4-5-16-8(10,11)12/h2-5H2,1H3. The molecule has 1 aromatic heterocycles. The summed E-state index contributed by atoms with van der Waals surface area (Å²) in [5, 5.41) is 7.59. The molecule has 0 amide bonds. The number of alkyl halides is 3. The summed E-state index contributed by atoms with van der Waals surface area (Å²) in [5.74, 6) is 0.549. The molecule has 8 heteroatoms. The van der Waals surface area contributed by atoms with Crippen LogP contribution in [0.4, 0.5) is 13.2 Å². The summed E-state index contributed by atoms with van der Waals surface area (Å²) in [7, 11) is 0. The summed E-state index contributed by atoms with van der Waals surface area (Å²) in [6, 6.07) is 0. The van der Waals surface area contributed by atoms with Gasteiger partial charge in [0.1, 0.15) is 5.82 Å². The maximum Gasteiger partial charge on any atom is 0.441 e. The zero-order valence-electron chi connectivity index (χ0n) is 8.59. The average molecular weight is 274 g/mol. The Morgan fingerprint density at radius 3 is 2.62 bits per heavy atom. The maximum absolute atomic E-state index is 11.9. The maximum atomic E-state index is 11.9. The predicted octanol–water partition coefficient (Wildman–Crippen LogP) is 3.14. The molecule has 1 rings (SSSR count). The highest BCUT2D eigenvalue weighted by Crippen LogP contribution is 2.30. The Labute approximate surface area is 100 Å². The zero-order chi connectivity index (χ0) is 12.2. The fourth-order valence-electron chi connectivity index (χ4n) is 1.20. The molecule has 0 atom stereocenters. The van der Waals surface area contributed by atoms with Crippen molar-refractivity contribution < 1.29 is 13.2 Å². The van der Waals surface area contributed by atoms with Crippen LogP contribution >= 0.6 is 23.4 Å². The van der Waals surface area contributed by atoms with Crippen LogP contribution < -0.4 is 0 Å². The first-order valence-electron chi connectivity index (χ1n) is 4.72. The van der Waals surface area contributed by atoms with Crippen molar-refractivity contribution in [2.75, 3.05) is 5.75 Å². The van der Waals surface area contributed by atoms with Crippen LogP contribution in [0.2, 0.25) is 5.28 Å². The van der Waals surface area contributed by atoms with Gasteiger partial charge in [0.05, 0.1) is 0 Å². The second kappa shape index (κ2) is 5.77. The van der Waals surface area contributed by atoms with Gasteiger partial charge in [0.2, 0.25) is 5.28 Å². The smallest absolute Gasteiger partial charge is 0.301 e. The first-order chi connectivity index (χ1) is 7.44. The Bertz CT molecular complexity index is 340. The van der Waals surface area contributed by atoms with Crippen LogP contribution in [0.1, 0.15) is 19.2 Å². The molecule has 0 N–H and O–H groups in total. The Hall–Kier alpha value is -0.430. The third kappa shape index (κ3) is 4.21. The van der Waals surface area contributed by atoms with E-state index in [9.17, 15) is 13.2 Å². The molecule has 16 heavy (non-hydrogen) atoms. The topological polar surface area (TPSA) is 30.7 Å². The van der Waals surface area contributed by atoms with Gasteiger partial charge in [-0.25, -0.2) is 0 Å². The summed E-state index contributed by atoms with van der Waals surface area (Å²) < 4.78 is 37.3. The van der Waals surface area contributed by atoms with Crippen molar-refractivity contribution in [3.05, 3.63) is 11.1 Å². The van der Waals surface area contributed by atoms with E-state index in [4.69, 9.17) is 11.6 Å². The highest BCUT2D eigenvalue weighted by atomic mass is 35.5. The van der Waals surface area contributed by atoms with E-state index in [1.54, 1.807) is 0 Å². The van der Waals surface area contributed by atoms with Gasteiger partial charge in [-0.15, -0.1) is 10.2 Å². The van der Waals surface area contributed by atoms with E-state index in [-0.39, 0.29) is 29.3 Å². The van der Waals surface area contributed by atoms with Gasteiger partial charge < -0.3 is 4.57 Å². The van der Waals surface area contributed by atoms with Crippen LogP contribution in [0.15, 0.2) is 0 Å². The molecule has 0 saturated heterocycles. The van der Waals surface area contributed by atoms with Crippen LogP contribution in [0.5, 0.6) is 0 Å². The lowest BCUT2D eigenvalue weighted by Gasteiger charge is -2.08. The first kappa shape index (κ1) is 13.6. The number of rotatable bonds is 5. The molecule has 0 spiro atoms. The largest absolute Gasteiger partial charge is 0.441 e. The van der Waals surface area contributed by atoms with Crippen LogP contribution in [0.3, 0.4) is 0 Å². The predicted molar refractivity (Wildman–Crippen MR) is 57.5 cm³/mol. The summed E-state index contributed by atoms with van der Waals surface area (Å²) in [5.41, 5.74) is -4.20. The van der Waals surface area contributed by atoms with E-state index in [0.29, 0.717) is 12.2 Å². The van der Waals surface area contributed by atoms with Gasteiger partial charge in [0.25, 0.3) is 0 Å². The summed E-state index contributed by atoms with van der Waals surface area (Å²) in [6.45, 7) is 2.13. The number of nitrogens with zero attached hydrogens (tertiary/aromatic N) is 3. The minimum Gasteiger partial charge on any atom is -0.301 e. The van der Waals surface area contributed by atoms with E-state index in [1.165, 1.54) is 4.57 Å². The van der Waals surface area contributed by atoms with Crippen molar-refractivity contribution in [3.8, 4) is 0 Å². The van der Waals surface area contributed by atoms with Gasteiger partial charge >= 0.3 is 5.51 Å². The van der Waals surface area contributed by atoms with Crippen LogP contribution in [0, 0.1) is 0 Å². The molecule has 0 radical (unpaired) electrons. The van der Waals surface area contributed by atoms with E-state index < -0.39 is 5.51 Å². The monoisotopic (exact) mass is 273 g/mol. The van der Waals surface area contributed by atoms with E-state index >= 15 is 0 Å². The van der Waals surface area contributed by atoms with Crippen LogP contribution in [0.25, 0.3) is 0 Å². The van der Waals surface area contributed by atoms with Crippen molar-refractivity contribution in [3.63, 3.8) is 0 Å². The number of hydrogen-bond donors (Lipinski definition) is 0. The number of aromatic nitrogens is 3. The quantitative estimate of drug-likeness (QED) is 0.826. The number of aryl methyl sites for hydroxylation is 1. The van der Waals surface area contributed by atoms with Gasteiger partial charge in [-0.05, 0) is 29.8 Å². The molecule has 92 valence electrons. The molecule has 3 nitrogen and oxygen atoms in total. The van der Waals surface area contributed by atoms with E-state index in [2.05, 4.69) is 10.2 Å². The first-order valence-corrected chi connectivity index (χ1v) is 6.08. The fraction of sp³-hybridized carbons (Fsp3) is 0.750. The lowest BCUT2D eigenvalue weighted by Crippen LogP contribution is -2.09. The fourth-order valence-corrected chi connectivity index (χ4v) is 1.92. The second-order valence-corrected chi connectivity index (χ2v) is 4.58. The van der Waals surface area contributed by atoms with Crippen molar-refractivity contribution in [1.82, 2.24) is 14.8 Å². The minimum atomic E-state index is -4.20. The highest BCUT2D eigenvalue weighted by Gasteiger charge is 2.27. The van der Waals surface area contributed by atoms with Gasteiger partial charge in [-0.2, -0.15) is 13.2 Å². The third-order valence-electron chi connectivity index (χ3n) is 1.84. The average Bonchev–Trinajstić information content (AvgIpc) is 2.48. The number of hydrogen-bond acceptors (Lipinski definition) is 3. The number of halogens is 4. The van der Waals surface area contributed by atoms with Crippen LogP contribution in [-0.4, -0.2) is 26.0 Å². The molecule has 0 aliphatic heterocycles. The molecule has 0 aliphatic carbocycles. The molecule has 0 aromatic carbocycles. The Kier molecular flexibility index (Phi) is 4.91. The number of thioether (sulfide) groups is 1. The summed E-state index contributed by atoms with van der Waals surface area (Å²) >= 11 is 5.66. The molecule has 0 bridgehead atoms. The molecule has 1 heterocycles. The minimum absolute atomic E-state index is 0.0677. The van der Waals surface area contributed by atoms with Crippen molar-refractivity contribution >= 4 is 23.4 Å². The molecule has 0 fully saturated rings. The van der Waals surface area contributed by atoms with Gasteiger partial charge in [-0.3, -0.25) is 0 Å². The zero-order valence-corrected chi connectivity index (χ0v) is 10.2. The molecular weight excluding hydrogens is 263 g/mol. The third-order valence-corrected chi connectivity index (χ3v) is 2.83. The normalized spacial score (nSPS) is 12.1. The van der Waals surface area contributed by atoms with E-state index in [1.807, 2.05) is 6.92 Å². The Morgan fingerprint density at radius 1 is 1.38 bits per heavy atom. The molecule has 0 aliphatic rings. The Balaban J connectivity index is 2.55. The van der Waals surface area contributed by atoms with E-state index in [0.717, 1.165) is 6.42 Å². The highest BCUT2D eigenvalue weighted by molar-refractivity contribution is 8.00. The van der Waals surface area contributed by atoms with Crippen molar-refractivity contribution in [1.29, 1.82) is 0 Å².